The molecule has 0 spiro atoms. The lowest BCUT2D eigenvalue weighted by molar-refractivity contribution is -0.255. The number of hydrogen-bond donors (Lipinski definition) is 0. The maximum absolute atomic E-state index is 10.9. The van der Waals surface area contributed by atoms with E-state index in [4.69, 9.17) is 4.98 Å². The standard InChI is InChI=1S/C22H23N3O2S/c1-3-19-13-20(25(2)14-16-7-5-4-6-8-16)24-22(23-19)28-15-17-9-11-18(12-10-17)21(26)27/h4-13H,3,14-15H2,1-2H3,(H,26,27)/p-1. The molecule has 1 heterocycles. The Kier molecular flexibility index (Phi) is 6.66. The molecule has 0 unspecified atom stereocenters. The minimum atomic E-state index is -1.16. The predicted octanol–water partition coefficient (Wildman–Crippen LogP) is 3.33. The Bertz CT molecular complexity index is 930. The molecule has 0 atom stereocenters. The Morgan fingerprint density at radius 1 is 1.04 bits per heavy atom. The van der Waals surface area contributed by atoms with Gasteiger partial charge in [-0.05, 0) is 23.1 Å². The molecule has 5 nitrogen and oxygen atoms in total. The molecule has 0 bridgehead atoms. The van der Waals surface area contributed by atoms with Crippen LogP contribution in [0.2, 0.25) is 0 Å². The van der Waals surface area contributed by atoms with Crippen LogP contribution in [0.4, 0.5) is 5.82 Å². The van der Waals surface area contributed by atoms with Crippen molar-refractivity contribution in [3.8, 4) is 0 Å². The summed E-state index contributed by atoms with van der Waals surface area (Å²) in [5, 5.41) is 11.6. The zero-order valence-corrected chi connectivity index (χ0v) is 16.8. The molecule has 0 aliphatic carbocycles. The molecule has 0 aliphatic heterocycles. The number of carbonyl (C=O) groups excluding carboxylic acids is 1. The van der Waals surface area contributed by atoms with Crippen LogP contribution in [0.15, 0.2) is 65.8 Å². The number of carbonyl (C=O) groups is 1. The first kappa shape index (κ1) is 19.9. The van der Waals surface area contributed by atoms with Gasteiger partial charge in [-0.3, -0.25) is 0 Å². The first-order valence-corrected chi connectivity index (χ1v) is 10.1. The highest BCUT2D eigenvalue weighted by Gasteiger charge is 2.09. The van der Waals surface area contributed by atoms with E-state index in [1.54, 1.807) is 36.0 Å². The second kappa shape index (κ2) is 9.37. The van der Waals surface area contributed by atoms with Gasteiger partial charge in [0.15, 0.2) is 5.16 Å². The summed E-state index contributed by atoms with van der Waals surface area (Å²) in [5.74, 6) is 0.400. The van der Waals surface area contributed by atoms with Crippen LogP contribution in [-0.4, -0.2) is 23.0 Å². The van der Waals surface area contributed by atoms with Crippen LogP contribution in [0, 0.1) is 0 Å². The van der Waals surface area contributed by atoms with Crippen molar-refractivity contribution in [2.75, 3.05) is 11.9 Å². The fourth-order valence-electron chi connectivity index (χ4n) is 2.72. The Morgan fingerprint density at radius 2 is 1.75 bits per heavy atom. The highest BCUT2D eigenvalue weighted by molar-refractivity contribution is 7.98. The molecular formula is C22H22N3O2S-. The van der Waals surface area contributed by atoms with Gasteiger partial charge in [-0.2, -0.15) is 0 Å². The third kappa shape index (κ3) is 5.33. The molecule has 0 amide bonds. The number of aromatic carboxylic acids is 1. The zero-order valence-electron chi connectivity index (χ0n) is 16.0. The summed E-state index contributed by atoms with van der Waals surface area (Å²) in [6, 6.07) is 19.0. The monoisotopic (exact) mass is 392 g/mol. The maximum atomic E-state index is 10.9. The summed E-state index contributed by atoms with van der Waals surface area (Å²) in [7, 11) is 2.03. The minimum Gasteiger partial charge on any atom is -0.545 e. The van der Waals surface area contributed by atoms with E-state index in [0.717, 1.165) is 35.2 Å². The number of anilines is 1. The van der Waals surface area contributed by atoms with Crippen molar-refractivity contribution >= 4 is 23.5 Å². The van der Waals surface area contributed by atoms with E-state index < -0.39 is 5.97 Å². The molecule has 0 N–H and O–H groups in total. The van der Waals surface area contributed by atoms with Crippen LogP contribution in [0.5, 0.6) is 0 Å². The summed E-state index contributed by atoms with van der Waals surface area (Å²) >= 11 is 1.54. The quantitative estimate of drug-likeness (QED) is 0.433. The van der Waals surface area contributed by atoms with Crippen molar-refractivity contribution in [2.24, 2.45) is 0 Å². The molecule has 0 saturated heterocycles. The molecule has 144 valence electrons. The fourth-order valence-corrected chi connectivity index (χ4v) is 3.55. The van der Waals surface area contributed by atoms with E-state index in [1.165, 1.54) is 5.56 Å². The van der Waals surface area contributed by atoms with Gasteiger partial charge in [-0.25, -0.2) is 9.97 Å². The van der Waals surface area contributed by atoms with Crippen LogP contribution >= 0.6 is 11.8 Å². The number of aryl methyl sites for hydroxylation is 1. The van der Waals surface area contributed by atoms with Gasteiger partial charge in [0, 0.05) is 31.1 Å². The Hall–Kier alpha value is -2.86. The van der Waals surface area contributed by atoms with Gasteiger partial charge in [-0.15, -0.1) is 0 Å². The molecule has 28 heavy (non-hydrogen) atoms. The highest BCUT2D eigenvalue weighted by Crippen LogP contribution is 2.23. The normalized spacial score (nSPS) is 10.6. The lowest BCUT2D eigenvalue weighted by Crippen LogP contribution is -2.21. The molecule has 3 aromatic rings. The number of rotatable bonds is 8. The van der Waals surface area contributed by atoms with Crippen molar-refractivity contribution in [2.45, 2.75) is 30.8 Å². The molecule has 3 rings (SSSR count). The molecule has 6 heteroatoms. The minimum absolute atomic E-state index is 0.183. The molecule has 1 aromatic heterocycles. The average Bonchev–Trinajstić information content (AvgIpc) is 2.73. The first-order valence-electron chi connectivity index (χ1n) is 9.11. The van der Waals surface area contributed by atoms with Gasteiger partial charge >= 0.3 is 0 Å². The van der Waals surface area contributed by atoms with Crippen molar-refractivity contribution in [1.82, 2.24) is 9.97 Å². The second-order valence-electron chi connectivity index (χ2n) is 6.47. The summed E-state index contributed by atoms with van der Waals surface area (Å²) in [6.07, 6.45) is 0.836. The Balaban J connectivity index is 1.72. The van der Waals surface area contributed by atoms with Crippen LogP contribution in [0.25, 0.3) is 0 Å². The van der Waals surface area contributed by atoms with E-state index in [2.05, 4.69) is 28.9 Å². The topological polar surface area (TPSA) is 69.2 Å². The number of hydrogen-bond acceptors (Lipinski definition) is 6. The second-order valence-corrected chi connectivity index (χ2v) is 7.41. The van der Waals surface area contributed by atoms with Crippen LogP contribution in [0.3, 0.4) is 0 Å². The van der Waals surface area contributed by atoms with Gasteiger partial charge in [0.05, 0.1) is 5.97 Å². The smallest absolute Gasteiger partial charge is 0.190 e. The predicted molar refractivity (Wildman–Crippen MR) is 110 cm³/mol. The lowest BCUT2D eigenvalue weighted by atomic mass is 10.1. The molecule has 2 aromatic carbocycles. The third-order valence-electron chi connectivity index (χ3n) is 4.32. The lowest BCUT2D eigenvalue weighted by Gasteiger charge is -2.19. The van der Waals surface area contributed by atoms with Crippen LogP contribution in [-0.2, 0) is 18.7 Å². The molecule has 0 radical (unpaired) electrons. The Morgan fingerprint density at radius 3 is 2.39 bits per heavy atom. The van der Waals surface area contributed by atoms with Gasteiger partial charge in [0.25, 0.3) is 0 Å². The largest absolute Gasteiger partial charge is 0.545 e. The maximum Gasteiger partial charge on any atom is 0.190 e. The van der Waals surface area contributed by atoms with E-state index in [0.29, 0.717) is 5.75 Å². The third-order valence-corrected chi connectivity index (χ3v) is 5.24. The SMILES string of the molecule is CCc1cc(N(C)Cc2ccccc2)nc(SCc2ccc(C(=O)[O-])cc2)n1. The number of aromatic nitrogens is 2. The molecule has 0 fully saturated rings. The van der Waals surface area contributed by atoms with E-state index in [9.17, 15) is 9.90 Å². The number of thioether (sulfide) groups is 1. The number of nitrogens with zero attached hydrogens (tertiary/aromatic N) is 3. The van der Waals surface area contributed by atoms with Crippen LogP contribution in [0.1, 0.15) is 34.1 Å². The summed E-state index contributed by atoms with van der Waals surface area (Å²) < 4.78 is 0. The Labute approximate surface area is 169 Å². The summed E-state index contributed by atoms with van der Waals surface area (Å²) in [6.45, 7) is 2.85. The zero-order chi connectivity index (χ0) is 19.9. The average molecular weight is 393 g/mol. The number of benzene rings is 2. The van der Waals surface area contributed by atoms with Gasteiger partial charge in [0.1, 0.15) is 5.82 Å². The highest BCUT2D eigenvalue weighted by atomic mass is 32.2. The number of carboxylic acids is 1. The van der Waals surface area contributed by atoms with E-state index >= 15 is 0 Å². The van der Waals surface area contributed by atoms with Crippen molar-refractivity contribution in [3.63, 3.8) is 0 Å². The van der Waals surface area contributed by atoms with Gasteiger partial charge in [0.2, 0.25) is 0 Å². The molecule has 0 aliphatic rings. The van der Waals surface area contributed by atoms with E-state index in [1.807, 2.05) is 31.3 Å². The van der Waals surface area contributed by atoms with Crippen molar-refractivity contribution in [1.29, 1.82) is 0 Å². The molecule has 0 saturated carbocycles. The van der Waals surface area contributed by atoms with Gasteiger partial charge < -0.3 is 14.8 Å². The van der Waals surface area contributed by atoms with Crippen molar-refractivity contribution in [3.05, 3.63) is 83.0 Å². The van der Waals surface area contributed by atoms with Crippen molar-refractivity contribution < 1.29 is 9.90 Å². The van der Waals surface area contributed by atoms with Crippen LogP contribution < -0.4 is 10.0 Å². The van der Waals surface area contributed by atoms with E-state index in [-0.39, 0.29) is 5.56 Å². The van der Waals surface area contributed by atoms with Gasteiger partial charge in [-0.1, -0.05) is 73.3 Å². The number of carboxylic acid groups (broad SMARTS) is 1. The fraction of sp³-hybridized carbons (Fsp3) is 0.227. The molecular weight excluding hydrogens is 370 g/mol. The first-order chi connectivity index (χ1) is 13.5. The summed E-state index contributed by atoms with van der Waals surface area (Å²) in [5.41, 5.74) is 3.42. The summed E-state index contributed by atoms with van der Waals surface area (Å²) in [4.78, 5) is 22.3.